The second kappa shape index (κ2) is 11.5. The van der Waals surface area contributed by atoms with Crippen LogP contribution in [0.3, 0.4) is 0 Å². The summed E-state index contributed by atoms with van der Waals surface area (Å²) in [6, 6.07) is 15.9. The third-order valence-corrected chi connectivity index (χ3v) is 4.22. The van der Waals surface area contributed by atoms with E-state index < -0.39 is 0 Å². The summed E-state index contributed by atoms with van der Waals surface area (Å²) in [4.78, 5) is 9.15. The van der Waals surface area contributed by atoms with Gasteiger partial charge in [0.15, 0.2) is 17.5 Å². The van der Waals surface area contributed by atoms with Crippen molar-refractivity contribution in [3.8, 4) is 11.5 Å². The standard InChI is InChI=1S/C22H26N4O2.HI/c1-4-23-22(26-17-10-11-20(28-5-2)21(14-17)27-3)25-15-16-12-13-24-19-9-7-6-8-18(16)19;/h6-14H,4-5,15H2,1-3H3,(H2,23,25,26);1H. The van der Waals surface area contributed by atoms with Crippen molar-refractivity contribution in [2.24, 2.45) is 4.99 Å². The van der Waals surface area contributed by atoms with Gasteiger partial charge in [-0.05, 0) is 43.7 Å². The molecule has 29 heavy (non-hydrogen) atoms. The van der Waals surface area contributed by atoms with Crippen LogP contribution in [0.25, 0.3) is 10.9 Å². The third kappa shape index (κ3) is 5.96. The van der Waals surface area contributed by atoms with Gasteiger partial charge in [0.25, 0.3) is 0 Å². The number of para-hydroxylation sites is 1. The Morgan fingerprint density at radius 3 is 2.66 bits per heavy atom. The van der Waals surface area contributed by atoms with Crippen LogP contribution >= 0.6 is 24.0 Å². The van der Waals surface area contributed by atoms with Crippen LogP contribution in [0.15, 0.2) is 59.7 Å². The maximum atomic E-state index is 5.58. The molecule has 0 aliphatic rings. The van der Waals surface area contributed by atoms with Crippen molar-refractivity contribution in [3.05, 3.63) is 60.3 Å². The van der Waals surface area contributed by atoms with Gasteiger partial charge < -0.3 is 20.1 Å². The summed E-state index contributed by atoms with van der Waals surface area (Å²) in [5.74, 6) is 2.11. The molecule has 3 rings (SSSR count). The summed E-state index contributed by atoms with van der Waals surface area (Å²) in [6.45, 7) is 5.89. The first kappa shape index (κ1) is 22.7. The van der Waals surface area contributed by atoms with Gasteiger partial charge in [-0.15, -0.1) is 24.0 Å². The smallest absolute Gasteiger partial charge is 0.196 e. The van der Waals surface area contributed by atoms with Crippen LogP contribution in [-0.2, 0) is 6.54 Å². The molecule has 0 fully saturated rings. The number of aliphatic imine (C=N–C) groups is 1. The van der Waals surface area contributed by atoms with Crippen molar-refractivity contribution in [2.75, 3.05) is 25.6 Å². The molecular weight excluding hydrogens is 479 g/mol. The topological polar surface area (TPSA) is 67.8 Å². The zero-order chi connectivity index (χ0) is 19.8. The molecule has 0 saturated heterocycles. The molecule has 7 heteroatoms. The molecule has 0 bridgehead atoms. The number of guanidine groups is 1. The van der Waals surface area contributed by atoms with Crippen molar-refractivity contribution in [3.63, 3.8) is 0 Å². The minimum Gasteiger partial charge on any atom is -0.493 e. The molecule has 0 aliphatic heterocycles. The second-order valence-electron chi connectivity index (χ2n) is 6.11. The quantitative estimate of drug-likeness (QED) is 0.273. The monoisotopic (exact) mass is 506 g/mol. The van der Waals surface area contributed by atoms with Gasteiger partial charge in [0.05, 0.1) is 25.8 Å². The van der Waals surface area contributed by atoms with Crippen LogP contribution in [0.2, 0.25) is 0 Å². The molecule has 3 aromatic rings. The van der Waals surface area contributed by atoms with Gasteiger partial charge in [0, 0.05) is 29.9 Å². The van der Waals surface area contributed by atoms with Gasteiger partial charge in [-0.3, -0.25) is 4.98 Å². The van der Waals surface area contributed by atoms with Crippen LogP contribution in [0.4, 0.5) is 5.69 Å². The summed E-state index contributed by atoms with van der Waals surface area (Å²) in [5, 5.41) is 7.73. The fourth-order valence-electron chi connectivity index (χ4n) is 2.92. The molecule has 0 saturated carbocycles. The third-order valence-electron chi connectivity index (χ3n) is 4.22. The summed E-state index contributed by atoms with van der Waals surface area (Å²) in [6.07, 6.45) is 1.82. The number of rotatable bonds is 7. The zero-order valence-electron chi connectivity index (χ0n) is 16.9. The van der Waals surface area contributed by atoms with E-state index in [0.29, 0.717) is 24.9 Å². The number of benzene rings is 2. The number of halogens is 1. The second-order valence-corrected chi connectivity index (χ2v) is 6.11. The molecule has 2 aromatic carbocycles. The number of methoxy groups -OCH3 is 1. The molecule has 2 N–H and O–H groups in total. The Morgan fingerprint density at radius 1 is 1.07 bits per heavy atom. The maximum Gasteiger partial charge on any atom is 0.196 e. The van der Waals surface area contributed by atoms with E-state index in [9.17, 15) is 0 Å². The van der Waals surface area contributed by atoms with E-state index in [1.54, 1.807) is 7.11 Å². The molecule has 0 radical (unpaired) electrons. The van der Waals surface area contributed by atoms with Crippen molar-refractivity contribution in [2.45, 2.75) is 20.4 Å². The molecule has 0 spiro atoms. The van der Waals surface area contributed by atoms with Gasteiger partial charge in [0.1, 0.15) is 0 Å². The molecule has 0 atom stereocenters. The van der Waals surface area contributed by atoms with Crippen LogP contribution in [0.5, 0.6) is 11.5 Å². The highest BCUT2D eigenvalue weighted by molar-refractivity contribution is 14.0. The van der Waals surface area contributed by atoms with Gasteiger partial charge in [-0.2, -0.15) is 0 Å². The Bertz CT molecular complexity index is 957. The number of fused-ring (bicyclic) bond motifs is 1. The first-order valence-corrected chi connectivity index (χ1v) is 9.44. The van der Waals surface area contributed by atoms with Gasteiger partial charge in [0.2, 0.25) is 0 Å². The molecule has 6 nitrogen and oxygen atoms in total. The first-order chi connectivity index (χ1) is 13.7. The Morgan fingerprint density at radius 2 is 1.90 bits per heavy atom. The van der Waals surface area contributed by atoms with E-state index >= 15 is 0 Å². The predicted octanol–water partition coefficient (Wildman–Crippen LogP) is 4.84. The summed E-state index contributed by atoms with van der Waals surface area (Å²) in [5.41, 5.74) is 2.98. The lowest BCUT2D eigenvalue weighted by Crippen LogP contribution is -2.30. The minimum atomic E-state index is 0. The SMILES string of the molecule is CCNC(=NCc1ccnc2ccccc12)Nc1ccc(OCC)c(OC)c1.I. The zero-order valence-corrected chi connectivity index (χ0v) is 19.3. The lowest BCUT2D eigenvalue weighted by molar-refractivity contribution is 0.311. The lowest BCUT2D eigenvalue weighted by atomic mass is 10.1. The minimum absolute atomic E-state index is 0. The number of ether oxygens (including phenoxy) is 2. The van der Waals surface area contributed by atoms with Crippen LogP contribution < -0.4 is 20.1 Å². The van der Waals surface area contributed by atoms with Crippen molar-refractivity contribution in [1.82, 2.24) is 10.3 Å². The lowest BCUT2D eigenvalue weighted by Gasteiger charge is -2.14. The highest BCUT2D eigenvalue weighted by Crippen LogP contribution is 2.30. The molecule has 0 amide bonds. The van der Waals surface area contributed by atoms with Gasteiger partial charge in [-0.25, -0.2) is 4.99 Å². The maximum absolute atomic E-state index is 5.58. The number of hydrogen-bond donors (Lipinski definition) is 2. The first-order valence-electron chi connectivity index (χ1n) is 9.44. The van der Waals surface area contributed by atoms with Crippen molar-refractivity contribution in [1.29, 1.82) is 0 Å². The molecule has 154 valence electrons. The number of pyridine rings is 1. The summed E-state index contributed by atoms with van der Waals surface area (Å²) >= 11 is 0. The van der Waals surface area contributed by atoms with Crippen LogP contribution in [0.1, 0.15) is 19.4 Å². The molecule has 0 aliphatic carbocycles. The van der Waals surface area contributed by atoms with E-state index in [2.05, 4.69) is 21.7 Å². The molecular formula is C22H27IN4O2. The van der Waals surface area contributed by atoms with E-state index in [0.717, 1.165) is 34.4 Å². The Balaban J connectivity index is 0.00000300. The Labute approximate surface area is 188 Å². The summed E-state index contributed by atoms with van der Waals surface area (Å²) in [7, 11) is 1.63. The summed E-state index contributed by atoms with van der Waals surface area (Å²) < 4.78 is 11.0. The van der Waals surface area contributed by atoms with Crippen LogP contribution in [-0.4, -0.2) is 31.2 Å². The molecule has 1 aromatic heterocycles. The average Bonchev–Trinajstić information content (AvgIpc) is 2.73. The number of nitrogens with one attached hydrogen (secondary N) is 2. The fraction of sp³-hybridized carbons (Fsp3) is 0.273. The molecule has 1 heterocycles. The fourth-order valence-corrected chi connectivity index (χ4v) is 2.92. The number of hydrogen-bond acceptors (Lipinski definition) is 4. The van der Waals surface area contributed by atoms with Gasteiger partial charge >= 0.3 is 0 Å². The average molecular weight is 506 g/mol. The van der Waals surface area contributed by atoms with Crippen LogP contribution in [0, 0.1) is 0 Å². The van der Waals surface area contributed by atoms with Crippen molar-refractivity contribution < 1.29 is 9.47 Å². The largest absolute Gasteiger partial charge is 0.493 e. The highest BCUT2D eigenvalue weighted by atomic mass is 127. The van der Waals surface area contributed by atoms with E-state index in [-0.39, 0.29) is 24.0 Å². The highest BCUT2D eigenvalue weighted by Gasteiger charge is 2.07. The van der Waals surface area contributed by atoms with E-state index in [4.69, 9.17) is 14.5 Å². The normalized spacial score (nSPS) is 10.9. The number of anilines is 1. The van der Waals surface area contributed by atoms with Crippen molar-refractivity contribution >= 4 is 46.5 Å². The Kier molecular flexibility index (Phi) is 8.98. The Hall–Kier alpha value is -2.55. The van der Waals surface area contributed by atoms with E-state index in [1.165, 1.54) is 0 Å². The molecule has 0 unspecified atom stereocenters. The number of nitrogens with zero attached hydrogens (tertiary/aromatic N) is 2. The van der Waals surface area contributed by atoms with E-state index in [1.807, 2.05) is 62.5 Å². The predicted molar refractivity (Wildman–Crippen MR) is 130 cm³/mol. The van der Waals surface area contributed by atoms with Gasteiger partial charge in [-0.1, -0.05) is 18.2 Å². The number of aromatic nitrogens is 1.